The molecule has 0 aliphatic carbocycles. The molecular formula is C40H50FN5O6. The van der Waals surface area contributed by atoms with Gasteiger partial charge in [0.05, 0.1) is 6.20 Å². The number of amides is 3. The number of nitrogen functional groups attached to an aromatic ring is 1. The van der Waals surface area contributed by atoms with Gasteiger partial charge in [-0.25, -0.2) is 19.0 Å². The summed E-state index contributed by atoms with van der Waals surface area (Å²) in [6.07, 6.45) is -1.16. The second-order valence-electron chi connectivity index (χ2n) is 15.1. The molecule has 0 aliphatic rings. The molecule has 4 aromatic rings. The van der Waals surface area contributed by atoms with E-state index >= 15 is 4.39 Å². The van der Waals surface area contributed by atoms with Crippen molar-refractivity contribution in [3.8, 4) is 0 Å². The van der Waals surface area contributed by atoms with Crippen molar-refractivity contribution in [2.24, 2.45) is 0 Å². The first-order chi connectivity index (χ1) is 24.2. The lowest BCUT2D eigenvalue weighted by atomic mass is 9.93. The van der Waals surface area contributed by atoms with Gasteiger partial charge in [-0.2, -0.15) is 4.90 Å². The maximum absolute atomic E-state index is 15.6. The lowest BCUT2D eigenvalue weighted by Gasteiger charge is -2.29. The average molecular weight is 716 g/mol. The molecule has 12 heteroatoms. The van der Waals surface area contributed by atoms with E-state index in [0.29, 0.717) is 28.4 Å². The number of aromatic nitrogens is 1. The van der Waals surface area contributed by atoms with Gasteiger partial charge in [-0.3, -0.25) is 4.79 Å². The SMILES string of the molecule is Cc1ccc(N)cc1CN(C)C(=O)C(Nc1ccc2c(N(C(=O)OC(C)(C)C)C(=O)OC(C)(C)C)ncc(F)c2c1)c1ccc(C(C)CO)c(C)c1. The largest absolute Gasteiger partial charge is 0.443 e. The Morgan fingerprint density at radius 2 is 1.54 bits per heavy atom. The van der Waals surface area contributed by atoms with Crippen LogP contribution < -0.4 is 16.0 Å². The molecule has 3 aromatic carbocycles. The number of ether oxygens (including phenoxy) is 2. The van der Waals surface area contributed by atoms with Crippen LogP contribution in [0.15, 0.2) is 60.8 Å². The van der Waals surface area contributed by atoms with Crippen LogP contribution in [0.25, 0.3) is 10.8 Å². The van der Waals surface area contributed by atoms with Crippen molar-refractivity contribution in [3.05, 3.63) is 94.4 Å². The van der Waals surface area contributed by atoms with E-state index in [-0.39, 0.29) is 35.0 Å². The quantitative estimate of drug-likeness (QED) is 0.146. The predicted molar refractivity (Wildman–Crippen MR) is 202 cm³/mol. The zero-order valence-electron chi connectivity index (χ0n) is 31.6. The zero-order chi connectivity index (χ0) is 38.7. The van der Waals surface area contributed by atoms with Crippen molar-refractivity contribution >= 4 is 46.1 Å². The molecule has 1 heterocycles. The molecule has 4 N–H and O–H groups in total. The molecule has 11 nitrogen and oxygen atoms in total. The highest BCUT2D eigenvalue weighted by Gasteiger charge is 2.35. The maximum Gasteiger partial charge on any atom is 0.425 e. The lowest BCUT2D eigenvalue weighted by Crippen LogP contribution is -2.44. The number of imide groups is 1. The number of benzene rings is 3. The van der Waals surface area contributed by atoms with Gasteiger partial charge in [-0.1, -0.05) is 31.2 Å². The molecule has 0 fully saturated rings. The summed E-state index contributed by atoms with van der Waals surface area (Å²) in [6.45, 7) is 16.0. The van der Waals surface area contributed by atoms with Gasteiger partial charge in [0.2, 0.25) is 5.91 Å². The van der Waals surface area contributed by atoms with Crippen molar-refractivity contribution in [2.45, 2.75) is 92.0 Å². The molecule has 52 heavy (non-hydrogen) atoms. The number of rotatable bonds is 9. The number of likely N-dealkylation sites (N-methyl/N-ethyl adjacent to an activating group) is 1. The second kappa shape index (κ2) is 15.6. The van der Waals surface area contributed by atoms with Crippen LogP contribution in [0, 0.1) is 19.7 Å². The third-order valence-electron chi connectivity index (χ3n) is 8.33. The third kappa shape index (κ3) is 9.55. The van der Waals surface area contributed by atoms with Gasteiger partial charge in [0.15, 0.2) is 5.82 Å². The van der Waals surface area contributed by atoms with E-state index < -0.39 is 35.2 Å². The van der Waals surface area contributed by atoms with E-state index in [2.05, 4.69) is 10.3 Å². The molecule has 4 rings (SSSR count). The van der Waals surface area contributed by atoms with Crippen LogP contribution in [0.3, 0.4) is 0 Å². The Morgan fingerprint density at radius 3 is 2.12 bits per heavy atom. The summed E-state index contributed by atoms with van der Waals surface area (Å²) in [5, 5.41) is 13.3. The van der Waals surface area contributed by atoms with Gasteiger partial charge in [-0.15, -0.1) is 0 Å². The Hall–Kier alpha value is -5.23. The number of fused-ring (bicyclic) bond motifs is 1. The number of aryl methyl sites for hydroxylation is 2. The van der Waals surface area contributed by atoms with E-state index in [1.807, 2.05) is 57.2 Å². The first kappa shape index (κ1) is 39.6. The Bertz CT molecular complexity index is 1940. The summed E-state index contributed by atoms with van der Waals surface area (Å²) in [7, 11) is 1.70. The number of carbonyl (C=O) groups excluding carboxylic acids is 3. The van der Waals surface area contributed by atoms with Crippen molar-refractivity contribution in [1.82, 2.24) is 9.88 Å². The number of hydrogen-bond donors (Lipinski definition) is 3. The minimum absolute atomic E-state index is 0.0259. The van der Waals surface area contributed by atoms with Crippen LogP contribution in [0.1, 0.15) is 88.2 Å². The fourth-order valence-electron chi connectivity index (χ4n) is 5.72. The minimum Gasteiger partial charge on any atom is -0.443 e. The Morgan fingerprint density at radius 1 is 0.904 bits per heavy atom. The fourth-order valence-corrected chi connectivity index (χ4v) is 5.72. The molecule has 0 saturated carbocycles. The van der Waals surface area contributed by atoms with E-state index in [0.717, 1.165) is 28.5 Å². The highest BCUT2D eigenvalue weighted by molar-refractivity contribution is 6.14. The summed E-state index contributed by atoms with van der Waals surface area (Å²) < 4.78 is 26.6. The van der Waals surface area contributed by atoms with Gasteiger partial charge < -0.3 is 30.5 Å². The van der Waals surface area contributed by atoms with E-state index in [1.165, 1.54) is 12.1 Å². The summed E-state index contributed by atoms with van der Waals surface area (Å²) in [6, 6.07) is 14.9. The molecule has 2 atom stereocenters. The maximum atomic E-state index is 15.6. The summed E-state index contributed by atoms with van der Waals surface area (Å²) in [5.41, 5.74) is 9.49. The van der Waals surface area contributed by atoms with E-state index in [4.69, 9.17) is 15.2 Å². The van der Waals surface area contributed by atoms with E-state index in [9.17, 15) is 19.5 Å². The average Bonchev–Trinajstić information content (AvgIpc) is 3.04. The number of nitrogens with zero attached hydrogens (tertiary/aromatic N) is 3. The summed E-state index contributed by atoms with van der Waals surface area (Å²) in [5.74, 6) is -1.26. The molecule has 2 unspecified atom stereocenters. The molecule has 0 spiro atoms. The monoisotopic (exact) mass is 715 g/mol. The highest BCUT2D eigenvalue weighted by atomic mass is 19.1. The van der Waals surface area contributed by atoms with Crippen molar-refractivity contribution < 1.29 is 33.4 Å². The number of hydrogen-bond acceptors (Lipinski definition) is 9. The van der Waals surface area contributed by atoms with Gasteiger partial charge >= 0.3 is 12.2 Å². The van der Waals surface area contributed by atoms with Gasteiger partial charge in [0, 0.05) is 48.3 Å². The van der Waals surface area contributed by atoms with Crippen molar-refractivity contribution in [2.75, 3.05) is 29.6 Å². The lowest BCUT2D eigenvalue weighted by molar-refractivity contribution is -0.131. The molecular weight excluding hydrogens is 665 g/mol. The molecule has 0 bridgehead atoms. The predicted octanol–water partition coefficient (Wildman–Crippen LogP) is 8.16. The molecule has 0 aliphatic heterocycles. The number of anilines is 3. The summed E-state index contributed by atoms with van der Waals surface area (Å²) >= 11 is 0. The Labute approximate surface area is 304 Å². The summed E-state index contributed by atoms with van der Waals surface area (Å²) in [4.78, 5) is 47.5. The fraction of sp³-hybridized carbons (Fsp3) is 0.400. The molecule has 278 valence electrons. The van der Waals surface area contributed by atoms with Crippen molar-refractivity contribution in [3.63, 3.8) is 0 Å². The first-order valence-corrected chi connectivity index (χ1v) is 17.1. The number of nitrogens with two attached hydrogens (primary N) is 1. The number of aliphatic hydroxyl groups is 1. The normalized spacial score (nSPS) is 12.9. The molecule has 0 saturated heterocycles. The first-order valence-electron chi connectivity index (χ1n) is 17.1. The number of aliphatic hydroxyl groups excluding tert-OH is 1. The van der Waals surface area contributed by atoms with Gasteiger partial charge in [-0.05, 0) is 114 Å². The standard InChI is InChI=1S/C40H50FN5O6/c1-23-11-13-28(42)18-27(23)21-45(10)36(48)34(26-12-15-30(24(2)17-26)25(3)22-47)44-29-14-16-31-32(19-29)33(41)20-43-35(31)46(37(49)51-39(4,5)6)38(50)52-40(7,8)9/h11-20,25,34,44,47H,21-22,42H2,1-10H3. The van der Waals surface area contributed by atoms with Crippen molar-refractivity contribution in [1.29, 1.82) is 0 Å². The van der Waals surface area contributed by atoms with Crippen LogP contribution in [0.5, 0.6) is 0 Å². The zero-order valence-corrected chi connectivity index (χ0v) is 31.6. The van der Waals surface area contributed by atoms with Crippen LogP contribution in [0.4, 0.5) is 31.2 Å². The smallest absolute Gasteiger partial charge is 0.425 e. The Kier molecular flexibility index (Phi) is 11.8. The highest BCUT2D eigenvalue weighted by Crippen LogP contribution is 2.34. The Balaban J connectivity index is 1.80. The number of pyridine rings is 1. The second-order valence-corrected chi connectivity index (χ2v) is 15.1. The van der Waals surface area contributed by atoms with Crippen LogP contribution >= 0.6 is 0 Å². The van der Waals surface area contributed by atoms with Crippen LogP contribution in [-0.4, -0.2) is 57.9 Å². The number of nitrogens with one attached hydrogen (secondary N) is 1. The van der Waals surface area contributed by atoms with Crippen LogP contribution in [0.2, 0.25) is 0 Å². The molecule has 3 amide bonds. The van der Waals surface area contributed by atoms with E-state index in [1.54, 1.807) is 59.6 Å². The van der Waals surface area contributed by atoms with Crippen LogP contribution in [-0.2, 0) is 20.8 Å². The topological polar surface area (TPSA) is 147 Å². The van der Waals surface area contributed by atoms with Gasteiger partial charge in [0.25, 0.3) is 0 Å². The van der Waals surface area contributed by atoms with Gasteiger partial charge in [0.1, 0.15) is 23.1 Å². The number of halogens is 1. The third-order valence-corrected chi connectivity index (χ3v) is 8.33. The minimum atomic E-state index is -1.04. The molecule has 0 radical (unpaired) electrons. The molecule has 1 aromatic heterocycles. The number of carbonyl (C=O) groups is 3.